The fourth-order valence-corrected chi connectivity index (χ4v) is 2.09. The van der Waals surface area contributed by atoms with Gasteiger partial charge < -0.3 is 15.7 Å². The first kappa shape index (κ1) is 14.4. The van der Waals surface area contributed by atoms with Gasteiger partial charge in [0.1, 0.15) is 6.54 Å². The summed E-state index contributed by atoms with van der Waals surface area (Å²) in [5.41, 5.74) is 6.07. The fraction of sp³-hybridized carbons (Fsp3) is 0.636. The highest BCUT2D eigenvalue weighted by molar-refractivity contribution is 5.76. The van der Waals surface area contributed by atoms with E-state index in [2.05, 4.69) is 10.3 Å². The molecule has 20 heavy (non-hydrogen) atoms. The number of hydrogen-bond acceptors (Lipinski definition) is 6. The number of carbonyl (C=O) groups excluding carboxylic acids is 1. The smallest absolute Gasteiger partial charge is 0.317 e. The number of carboxylic acids is 1. The molecular formula is C11H18N6O3. The molecule has 110 valence electrons. The lowest BCUT2D eigenvalue weighted by atomic mass is 10.3. The average Bonchev–Trinajstić information content (AvgIpc) is 2.86. The minimum Gasteiger partial charge on any atom is -0.480 e. The summed E-state index contributed by atoms with van der Waals surface area (Å²) in [5, 5.41) is 16.4. The van der Waals surface area contributed by atoms with Crippen LogP contribution < -0.4 is 5.73 Å². The molecule has 1 saturated heterocycles. The number of aliphatic carboxylic acids is 1. The van der Waals surface area contributed by atoms with Gasteiger partial charge in [-0.2, -0.15) is 0 Å². The lowest BCUT2D eigenvalue weighted by Crippen LogP contribution is -2.50. The number of carboxylic acid groups (broad SMARTS) is 1. The average molecular weight is 282 g/mol. The predicted octanol–water partition coefficient (Wildman–Crippen LogP) is -2.03. The van der Waals surface area contributed by atoms with Crippen LogP contribution in [-0.2, 0) is 22.7 Å². The zero-order valence-corrected chi connectivity index (χ0v) is 11.1. The predicted molar refractivity (Wildman–Crippen MR) is 68.6 cm³/mol. The molecule has 1 aliphatic heterocycles. The van der Waals surface area contributed by atoms with Crippen LogP contribution in [0.4, 0.5) is 0 Å². The molecule has 0 unspecified atom stereocenters. The Labute approximate surface area is 115 Å². The van der Waals surface area contributed by atoms with Gasteiger partial charge in [-0.1, -0.05) is 5.21 Å². The van der Waals surface area contributed by atoms with Crippen molar-refractivity contribution >= 4 is 11.9 Å². The second kappa shape index (κ2) is 6.44. The van der Waals surface area contributed by atoms with E-state index in [0.717, 1.165) is 0 Å². The van der Waals surface area contributed by atoms with Gasteiger partial charge in [-0.25, -0.2) is 4.68 Å². The molecule has 1 aromatic rings. The van der Waals surface area contributed by atoms with Crippen LogP contribution in [0.3, 0.4) is 0 Å². The first-order chi connectivity index (χ1) is 9.58. The topological polar surface area (TPSA) is 118 Å². The molecule has 0 aromatic carbocycles. The Bertz CT molecular complexity index is 480. The molecule has 1 amide bonds. The minimum atomic E-state index is -0.846. The minimum absolute atomic E-state index is 0.0188. The summed E-state index contributed by atoms with van der Waals surface area (Å²) in [7, 11) is 0. The maximum absolute atomic E-state index is 12.1. The molecule has 0 atom stereocenters. The number of nitrogens with two attached hydrogens (primary N) is 1. The van der Waals surface area contributed by atoms with Crippen LogP contribution in [0, 0.1) is 0 Å². The maximum atomic E-state index is 12.1. The van der Waals surface area contributed by atoms with Crippen molar-refractivity contribution in [1.82, 2.24) is 24.8 Å². The van der Waals surface area contributed by atoms with Gasteiger partial charge in [0.05, 0.1) is 18.4 Å². The highest BCUT2D eigenvalue weighted by atomic mass is 16.4. The Morgan fingerprint density at radius 3 is 2.50 bits per heavy atom. The molecule has 3 N–H and O–H groups in total. The van der Waals surface area contributed by atoms with Crippen LogP contribution in [0.25, 0.3) is 0 Å². The van der Waals surface area contributed by atoms with Crippen molar-refractivity contribution in [3.8, 4) is 0 Å². The van der Waals surface area contributed by atoms with E-state index in [-0.39, 0.29) is 19.0 Å². The second-order valence-corrected chi connectivity index (χ2v) is 4.66. The van der Waals surface area contributed by atoms with E-state index in [1.807, 2.05) is 4.90 Å². The molecule has 0 bridgehead atoms. The van der Waals surface area contributed by atoms with Gasteiger partial charge in [0.2, 0.25) is 5.91 Å². The van der Waals surface area contributed by atoms with E-state index in [1.165, 1.54) is 4.68 Å². The van der Waals surface area contributed by atoms with Gasteiger partial charge in [-0.3, -0.25) is 14.5 Å². The quantitative estimate of drug-likeness (QED) is 0.639. The number of rotatable bonds is 5. The SMILES string of the molecule is NCc1cn(CC(=O)N2CCN(CC(=O)O)CC2)nn1. The van der Waals surface area contributed by atoms with E-state index in [9.17, 15) is 9.59 Å². The molecule has 1 fully saturated rings. The Morgan fingerprint density at radius 1 is 1.25 bits per heavy atom. The van der Waals surface area contributed by atoms with Crippen molar-refractivity contribution in [1.29, 1.82) is 0 Å². The summed E-state index contributed by atoms with van der Waals surface area (Å²) in [6, 6.07) is 0. The third-order valence-electron chi connectivity index (χ3n) is 3.18. The third kappa shape index (κ3) is 3.75. The Hall–Kier alpha value is -2.00. The Morgan fingerprint density at radius 2 is 1.95 bits per heavy atom. The maximum Gasteiger partial charge on any atom is 0.317 e. The standard InChI is InChI=1S/C11H18N6O3/c12-5-9-6-17(14-13-9)7-10(18)16-3-1-15(2-4-16)8-11(19)20/h6H,1-5,7-8,12H2,(H,19,20). The molecule has 1 aliphatic rings. The number of aromatic nitrogens is 3. The van der Waals surface area contributed by atoms with Crippen molar-refractivity contribution in [3.63, 3.8) is 0 Å². The Balaban J connectivity index is 1.81. The first-order valence-corrected chi connectivity index (χ1v) is 6.39. The lowest BCUT2D eigenvalue weighted by Gasteiger charge is -2.33. The molecule has 0 spiro atoms. The molecule has 9 nitrogen and oxygen atoms in total. The van der Waals surface area contributed by atoms with Crippen LogP contribution in [0.15, 0.2) is 6.20 Å². The molecule has 1 aromatic heterocycles. The van der Waals surface area contributed by atoms with Gasteiger partial charge in [-0.15, -0.1) is 5.10 Å². The molecule has 2 rings (SSSR count). The molecule has 0 saturated carbocycles. The van der Waals surface area contributed by atoms with E-state index in [1.54, 1.807) is 11.1 Å². The largest absolute Gasteiger partial charge is 0.480 e. The normalized spacial score (nSPS) is 16.4. The van der Waals surface area contributed by atoms with Gasteiger partial charge in [0.25, 0.3) is 0 Å². The highest BCUT2D eigenvalue weighted by Crippen LogP contribution is 2.03. The summed E-state index contributed by atoms with van der Waals surface area (Å²) < 4.78 is 1.47. The van der Waals surface area contributed by atoms with E-state index >= 15 is 0 Å². The Kier molecular flexibility index (Phi) is 4.64. The summed E-state index contributed by atoms with van der Waals surface area (Å²) >= 11 is 0. The van der Waals surface area contributed by atoms with Crippen LogP contribution in [-0.4, -0.2) is 74.5 Å². The van der Waals surface area contributed by atoms with Gasteiger partial charge >= 0.3 is 5.97 Å². The number of carbonyl (C=O) groups is 2. The van der Waals surface area contributed by atoms with Crippen LogP contribution in [0.1, 0.15) is 5.69 Å². The third-order valence-corrected chi connectivity index (χ3v) is 3.18. The molecule has 9 heteroatoms. The number of hydrogen-bond donors (Lipinski definition) is 2. The van der Waals surface area contributed by atoms with Crippen LogP contribution >= 0.6 is 0 Å². The summed E-state index contributed by atoms with van der Waals surface area (Å²) in [5.74, 6) is -0.893. The van der Waals surface area contributed by atoms with Crippen molar-refractivity contribution in [2.45, 2.75) is 13.1 Å². The van der Waals surface area contributed by atoms with E-state index in [4.69, 9.17) is 10.8 Å². The van der Waals surface area contributed by atoms with E-state index in [0.29, 0.717) is 38.4 Å². The zero-order chi connectivity index (χ0) is 14.5. The van der Waals surface area contributed by atoms with Crippen molar-refractivity contribution in [2.24, 2.45) is 5.73 Å². The molecule has 0 radical (unpaired) electrons. The number of piperazine rings is 1. The molecular weight excluding hydrogens is 264 g/mol. The second-order valence-electron chi connectivity index (χ2n) is 4.66. The monoisotopic (exact) mass is 282 g/mol. The first-order valence-electron chi connectivity index (χ1n) is 6.39. The fourth-order valence-electron chi connectivity index (χ4n) is 2.09. The summed E-state index contributed by atoms with van der Waals surface area (Å²) in [6.45, 7) is 2.65. The molecule has 0 aliphatic carbocycles. The van der Waals surface area contributed by atoms with Crippen molar-refractivity contribution < 1.29 is 14.7 Å². The van der Waals surface area contributed by atoms with Gasteiger partial charge in [0, 0.05) is 32.7 Å². The summed E-state index contributed by atoms with van der Waals surface area (Å²) in [6.07, 6.45) is 1.65. The summed E-state index contributed by atoms with van der Waals surface area (Å²) in [4.78, 5) is 26.2. The number of nitrogens with zero attached hydrogens (tertiary/aromatic N) is 5. The van der Waals surface area contributed by atoms with Gasteiger partial charge in [0.15, 0.2) is 0 Å². The van der Waals surface area contributed by atoms with Crippen molar-refractivity contribution in [3.05, 3.63) is 11.9 Å². The van der Waals surface area contributed by atoms with Crippen molar-refractivity contribution in [2.75, 3.05) is 32.7 Å². The lowest BCUT2D eigenvalue weighted by molar-refractivity contribution is -0.139. The number of amides is 1. The van der Waals surface area contributed by atoms with Crippen LogP contribution in [0.5, 0.6) is 0 Å². The van der Waals surface area contributed by atoms with Gasteiger partial charge in [-0.05, 0) is 0 Å². The zero-order valence-electron chi connectivity index (χ0n) is 11.1. The van der Waals surface area contributed by atoms with Crippen LogP contribution in [0.2, 0.25) is 0 Å². The van der Waals surface area contributed by atoms with E-state index < -0.39 is 5.97 Å². The highest BCUT2D eigenvalue weighted by Gasteiger charge is 2.22. The molecule has 2 heterocycles.